The van der Waals surface area contributed by atoms with Gasteiger partial charge in [0.2, 0.25) is 0 Å². The normalized spacial score (nSPS) is 23.6. The minimum atomic E-state index is -0.810. The number of piperidine rings is 1. The van der Waals surface area contributed by atoms with Crippen molar-refractivity contribution in [1.82, 2.24) is 4.98 Å². The molecule has 104 valence electrons. The number of aromatic carboxylic acids is 1. The molecule has 2 fully saturated rings. The maximum absolute atomic E-state index is 11.4. The quantitative estimate of drug-likeness (QED) is 0.917. The van der Waals surface area contributed by atoms with Crippen LogP contribution in [0.4, 0.5) is 5.13 Å². The van der Waals surface area contributed by atoms with Gasteiger partial charge < -0.3 is 10.0 Å². The van der Waals surface area contributed by atoms with Crippen molar-refractivity contribution in [2.24, 2.45) is 0 Å². The Kier molecular flexibility index (Phi) is 3.48. The summed E-state index contributed by atoms with van der Waals surface area (Å²) in [5, 5.41) is 10.3. The smallest absolute Gasteiger partial charge is 0.347 e. The zero-order chi connectivity index (χ0) is 13.4. The van der Waals surface area contributed by atoms with Crippen LogP contribution in [0, 0.1) is 0 Å². The van der Waals surface area contributed by atoms with E-state index in [-0.39, 0.29) is 0 Å². The summed E-state index contributed by atoms with van der Waals surface area (Å²) in [6, 6.07) is 0.536. The first-order chi connectivity index (χ1) is 9.20. The molecular weight excluding hydrogens is 260 g/mol. The van der Waals surface area contributed by atoms with E-state index < -0.39 is 5.97 Å². The molecule has 5 heteroatoms. The fourth-order valence-corrected chi connectivity index (χ4v) is 3.99. The third kappa shape index (κ3) is 2.48. The van der Waals surface area contributed by atoms with Crippen molar-refractivity contribution >= 4 is 22.4 Å². The molecule has 1 aromatic heterocycles. The zero-order valence-corrected chi connectivity index (χ0v) is 12.1. The average Bonchev–Trinajstić information content (AvgIpc) is 3.17. The lowest BCUT2D eigenvalue weighted by atomic mass is 10.0. The van der Waals surface area contributed by atoms with Gasteiger partial charge in [0, 0.05) is 18.5 Å². The summed E-state index contributed by atoms with van der Waals surface area (Å²) in [7, 11) is 0. The van der Waals surface area contributed by atoms with Crippen molar-refractivity contribution in [2.45, 2.75) is 57.4 Å². The summed E-state index contributed by atoms with van der Waals surface area (Å²) < 4.78 is 0. The lowest BCUT2D eigenvalue weighted by molar-refractivity contribution is 0.0700. The number of thiazole rings is 1. The first-order valence-corrected chi connectivity index (χ1v) is 8.03. The topological polar surface area (TPSA) is 53.4 Å². The van der Waals surface area contributed by atoms with Gasteiger partial charge in [-0.05, 0) is 38.5 Å². The second-order valence-electron chi connectivity index (χ2n) is 5.54. The molecule has 2 aliphatic rings. The fourth-order valence-electron chi connectivity index (χ4n) is 2.91. The molecule has 0 radical (unpaired) electrons. The third-order valence-corrected chi connectivity index (χ3v) is 5.24. The molecule has 3 rings (SSSR count). The Hall–Kier alpha value is -1.10. The SMILES string of the molecule is CCC1CCCCN1c1nc(C2CC2)c(C(=O)O)s1. The highest BCUT2D eigenvalue weighted by Crippen LogP contribution is 2.44. The van der Waals surface area contributed by atoms with Crippen molar-refractivity contribution in [3.63, 3.8) is 0 Å². The fraction of sp³-hybridized carbons (Fsp3) is 0.714. The van der Waals surface area contributed by atoms with Gasteiger partial charge in [0.25, 0.3) is 0 Å². The summed E-state index contributed by atoms with van der Waals surface area (Å²) in [5.74, 6) is -0.406. The highest BCUT2D eigenvalue weighted by molar-refractivity contribution is 7.17. The molecule has 1 aromatic rings. The maximum Gasteiger partial charge on any atom is 0.347 e. The first kappa shape index (κ1) is 12.9. The Bertz CT molecular complexity index is 482. The average molecular weight is 280 g/mol. The summed E-state index contributed by atoms with van der Waals surface area (Å²) in [6.07, 6.45) is 6.98. The lowest BCUT2D eigenvalue weighted by Crippen LogP contribution is -2.39. The summed E-state index contributed by atoms with van der Waals surface area (Å²) in [5.41, 5.74) is 0.841. The molecule has 2 heterocycles. The van der Waals surface area contributed by atoms with Gasteiger partial charge in [0.05, 0.1) is 5.69 Å². The molecule has 0 aromatic carbocycles. The molecule has 19 heavy (non-hydrogen) atoms. The number of hydrogen-bond acceptors (Lipinski definition) is 4. The Morgan fingerprint density at radius 1 is 1.42 bits per heavy atom. The van der Waals surface area contributed by atoms with Crippen LogP contribution in [0.15, 0.2) is 0 Å². The highest BCUT2D eigenvalue weighted by Gasteiger charge is 2.34. The van der Waals surface area contributed by atoms with E-state index >= 15 is 0 Å². The van der Waals surface area contributed by atoms with Crippen LogP contribution in [0.2, 0.25) is 0 Å². The summed E-state index contributed by atoms with van der Waals surface area (Å²) in [4.78, 5) is 18.8. The van der Waals surface area contributed by atoms with Gasteiger partial charge in [-0.3, -0.25) is 0 Å². The Morgan fingerprint density at radius 2 is 2.21 bits per heavy atom. The molecular formula is C14H20N2O2S. The predicted molar refractivity (Wildman–Crippen MR) is 76.3 cm³/mol. The van der Waals surface area contributed by atoms with Gasteiger partial charge in [-0.25, -0.2) is 9.78 Å². The van der Waals surface area contributed by atoms with E-state index in [0.29, 0.717) is 16.8 Å². The minimum Gasteiger partial charge on any atom is -0.477 e. The largest absolute Gasteiger partial charge is 0.477 e. The van der Waals surface area contributed by atoms with E-state index in [1.54, 1.807) is 0 Å². The van der Waals surface area contributed by atoms with E-state index in [0.717, 1.165) is 36.6 Å². The lowest BCUT2D eigenvalue weighted by Gasteiger charge is -2.35. The highest BCUT2D eigenvalue weighted by atomic mass is 32.1. The number of carboxylic acid groups (broad SMARTS) is 1. The molecule has 1 atom stereocenters. The molecule has 1 aliphatic carbocycles. The van der Waals surface area contributed by atoms with E-state index in [1.165, 1.54) is 30.6 Å². The Morgan fingerprint density at radius 3 is 2.84 bits per heavy atom. The first-order valence-electron chi connectivity index (χ1n) is 7.21. The number of aromatic nitrogens is 1. The van der Waals surface area contributed by atoms with E-state index in [2.05, 4.69) is 16.8 Å². The minimum absolute atomic E-state index is 0.404. The van der Waals surface area contributed by atoms with Crippen molar-refractivity contribution in [3.8, 4) is 0 Å². The number of anilines is 1. The van der Waals surface area contributed by atoms with Crippen LogP contribution in [0.3, 0.4) is 0 Å². The Balaban J connectivity index is 1.91. The van der Waals surface area contributed by atoms with E-state index in [9.17, 15) is 9.90 Å². The maximum atomic E-state index is 11.4. The molecule has 0 spiro atoms. The van der Waals surface area contributed by atoms with Crippen LogP contribution >= 0.6 is 11.3 Å². The van der Waals surface area contributed by atoms with Gasteiger partial charge in [-0.15, -0.1) is 0 Å². The van der Waals surface area contributed by atoms with Crippen LogP contribution in [0.1, 0.15) is 66.7 Å². The van der Waals surface area contributed by atoms with Gasteiger partial charge in [-0.2, -0.15) is 0 Å². The number of rotatable bonds is 4. The second kappa shape index (κ2) is 5.12. The van der Waals surface area contributed by atoms with Crippen molar-refractivity contribution < 1.29 is 9.90 Å². The van der Waals surface area contributed by atoms with E-state index in [1.807, 2.05) is 0 Å². The molecule has 4 nitrogen and oxygen atoms in total. The van der Waals surface area contributed by atoms with Crippen LogP contribution in [0.5, 0.6) is 0 Å². The number of nitrogens with zero attached hydrogens (tertiary/aromatic N) is 2. The monoisotopic (exact) mass is 280 g/mol. The third-order valence-electron chi connectivity index (χ3n) is 4.14. The predicted octanol–water partition coefficient (Wildman–Crippen LogP) is 3.49. The number of hydrogen-bond donors (Lipinski definition) is 1. The number of carbonyl (C=O) groups is 1. The molecule has 0 amide bonds. The summed E-state index contributed by atoms with van der Waals surface area (Å²) >= 11 is 1.38. The van der Waals surface area contributed by atoms with Crippen LogP contribution in [-0.2, 0) is 0 Å². The Labute approximate surface area is 117 Å². The van der Waals surface area contributed by atoms with Crippen LogP contribution < -0.4 is 4.90 Å². The molecule has 1 saturated carbocycles. The van der Waals surface area contributed by atoms with Gasteiger partial charge in [-0.1, -0.05) is 18.3 Å². The van der Waals surface area contributed by atoms with Gasteiger partial charge in [0.1, 0.15) is 4.88 Å². The molecule has 1 aliphatic heterocycles. The van der Waals surface area contributed by atoms with Crippen molar-refractivity contribution in [3.05, 3.63) is 10.6 Å². The zero-order valence-electron chi connectivity index (χ0n) is 11.3. The summed E-state index contributed by atoms with van der Waals surface area (Å²) in [6.45, 7) is 3.23. The molecule has 1 N–H and O–H groups in total. The van der Waals surface area contributed by atoms with Crippen LogP contribution in [-0.4, -0.2) is 28.6 Å². The molecule has 1 unspecified atom stereocenters. The molecule has 0 bridgehead atoms. The van der Waals surface area contributed by atoms with Gasteiger partial charge >= 0.3 is 5.97 Å². The molecule has 1 saturated heterocycles. The second-order valence-corrected chi connectivity index (χ2v) is 6.52. The standard InChI is InChI=1S/C14H20N2O2S/c1-2-10-5-3-4-8-16(10)14-15-11(9-6-7-9)12(19-14)13(17)18/h9-10H,2-8H2,1H3,(H,17,18). The van der Waals surface area contributed by atoms with Crippen LogP contribution in [0.25, 0.3) is 0 Å². The van der Waals surface area contributed by atoms with Crippen molar-refractivity contribution in [2.75, 3.05) is 11.4 Å². The van der Waals surface area contributed by atoms with Crippen molar-refractivity contribution in [1.29, 1.82) is 0 Å². The van der Waals surface area contributed by atoms with E-state index in [4.69, 9.17) is 0 Å². The van der Waals surface area contributed by atoms with Gasteiger partial charge in [0.15, 0.2) is 5.13 Å². The number of carboxylic acids is 1.